The number of imide groups is 1. The molecule has 2 amide bonds. The molecule has 0 saturated carbocycles. The Labute approximate surface area is 195 Å². The number of halogens is 1. The Bertz CT molecular complexity index is 987. The molecule has 7 heteroatoms. The van der Waals surface area contributed by atoms with E-state index < -0.39 is 0 Å². The molecular formula is C23H24INO4S. The fraction of sp³-hybridized carbons (Fsp3) is 0.304. The highest BCUT2D eigenvalue weighted by atomic mass is 127. The van der Waals surface area contributed by atoms with Crippen LogP contribution >= 0.6 is 34.4 Å². The monoisotopic (exact) mass is 537 g/mol. The minimum atomic E-state index is -0.243. The first kappa shape index (κ1) is 22.7. The molecular weight excluding hydrogens is 513 g/mol. The number of aryl methyl sites for hydroxylation is 1. The Morgan fingerprint density at radius 1 is 1.20 bits per heavy atom. The highest BCUT2D eigenvalue weighted by molar-refractivity contribution is 14.1. The molecule has 2 aromatic rings. The van der Waals surface area contributed by atoms with Crippen LogP contribution in [0.5, 0.6) is 11.5 Å². The van der Waals surface area contributed by atoms with E-state index >= 15 is 0 Å². The normalized spacial score (nSPS) is 16.3. The number of methoxy groups -OCH3 is 1. The minimum absolute atomic E-state index is 0.115. The van der Waals surface area contributed by atoms with Crippen molar-refractivity contribution in [2.45, 2.75) is 39.8 Å². The van der Waals surface area contributed by atoms with Crippen molar-refractivity contribution in [3.63, 3.8) is 0 Å². The topological polar surface area (TPSA) is 55.8 Å². The highest BCUT2D eigenvalue weighted by Crippen LogP contribution is 2.38. The van der Waals surface area contributed by atoms with Crippen LogP contribution in [0, 0.1) is 10.5 Å². The zero-order chi connectivity index (χ0) is 21.8. The molecule has 0 aromatic heterocycles. The van der Waals surface area contributed by atoms with Crippen molar-refractivity contribution in [2.24, 2.45) is 0 Å². The lowest BCUT2D eigenvalue weighted by atomic mass is 10.1. The van der Waals surface area contributed by atoms with Crippen LogP contribution in [0.2, 0.25) is 0 Å². The average Bonchev–Trinajstić information content (AvgIpc) is 3.00. The van der Waals surface area contributed by atoms with Gasteiger partial charge in [-0.15, -0.1) is 0 Å². The minimum Gasteiger partial charge on any atom is -0.493 e. The summed E-state index contributed by atoms with van der Waals surface area (Å²) in [5, 5.41) is -0.222. The number of hydrogen-bond donors (Lipinski definition) is 0. The van der Waals surface area contributed by atoms with Crippen LogP contribution in [-0.2, 0) is 11.4 Å². The summed E-state index contributed by atoms with van der Waals surface area (Å²) in [5.74, 6) is 0.998. The summed E-state index contributed by atoms with van der Waals surface area (Å²) in [6, 6.07) is 11.8. The number of carbonyl (C=O) groups excluding carboxylic acids is 2. The number of carbonyl (C=O) groups is 2. The van der Waals surface area contributed by atoms with Gasteiger partial charge in [-0.25, -0.2) is 0 Å². The second-order valence-electron chi connectivity index (χ2n) is 7.12. The van der Waals surface area contributed by atoms with Crippen molar-refractivity contribution >= 4 is 51.6 Å². The van der Waals surface area contributed by atoms with Gasteiger partial charge in [-0.05, 0) is 84.0 Å². The lowest BCUT2D eigenvalue weighted by Crippen LogP contribution is -2.36. The molecule has 0 aliphatic carbocycles. The van der Waals surface area contributed by atoms with Gasteiger partial charge in [-0.3, -0.25) is 14.5 Å². The van der Waals surface area contributed by atoms with E-state index in [2.05, 4.69) is 34.7 Å². The van der Waals surface area contributed by atoms with E-state index in [9.17, 15) is 9.59 Å². The predicted molar refractivity (Wildman–Crippen MR) is 129 cm³/mol. The van der Waals surface area contributed by atoms with Crippen molar-refractivity contribution < 1.29 is 19.1 Å². The Morgan fingerprint density at radius 2 is 1.90 bits per heavy atom. The smallest absolute Gasteiger partial charge is 0.293 e. The molecule has 2 aromatic carbocycles. The predicted octanol–water partition coefficient (Wildman–Crippen LogP) is 6.02. The molecule has 5 nitrogen and oxygen atoms in total. The number of hydrogen-bond acceptors (Lipinski definition) is 5. The molecule has 0 radical (unpaired) electrons. The number of nitrogens with zero attached hydrogens (tertiary/aromatic N) is 1. The Hall–Kier alpha value is -2.00. The summed E-state index contributed by atoms with van der Waals surface area (Å²) >= 11 is 3.17. The van der Waals surface area contributed by atoms with Gasteiger partial charge in [0.1, 0.15) is 6.61 Å². The maximum absolute atomic E-state index is 12.7. The van der Waals surface area contributed by atoms with Crippen molar-refractivity contribution in [2.75, 3.05) is 7.11 Å². The van der Waals surface area contributed by atoms with E-state index in [-0.39, 0.29) is 17.2 Å². The summed E-state index contributed by atoms with van der Waals surface area (Å²) in [6.45, 7) is 6.32. The third-order valence-electron chi connectivity index (χ3n) is 4.91. The second-order valence-corrected chi connectivity index (χ2v) is 9.27. The lowest BCUT2D eigenvalue weighted by Gasteiger charge is -2.19. The fourth-order valence-electron chi connectivity index (χ4n) is 3.00. The van der Waals surface area contributed by atoms with Gasteiger partial charge in [-0.2, -0.15) is 0 Å². The summed E-state index contributed by atoms with van der Waals surface area (Å²) in [7, 11) is 1.59. The van der Waals surface area contributed by atoms with E-state index in [1.807, 2.05) is 45.0 Å². The number of benzene rings is 2. The van der Waals surface area contributed by atoms with Crippen molar-refractivity contribution in [3.8, 4) is 11.5 Å². The Morgan fingerprint density at radius 3 is 2.53 bits per heavy atom. The molecule has 1 fully saturated rings. The van der Waals surface area contributed by atoms with E-state index in [4.69, 9.17) is 9.47 Å². The maximum Gasteiger partial charge on any atom is 0.293 e. The third-order valence-corrected chi connectivity index (χ3v) is 6.59. The summed E-state index contributed by atoms with van der Waals surface area (Å²) in [4.78, 5) is 26.7. The fourth-order valence-corrected chi connectivity index (χ4v) is 4.71. The molecule has 0 bridgehead atoms. The quantitative estimate of drug-likeness (QED) is 0.319. The van der Waals surface area contributed by atoms with Gasteiger partial charge in [-0.1, -0.05) is 36.8 Å². The number of amides is 2. The van der Waals surface area contributed by atoms with E-state index in [1.54, 1.807) is 13.2 Å². The van der Waals surface area contributed by atoms with Gasteiger partial charge < -0.3 is 9.47 Å². The molecule has 0 unspecified atom stereocenters. The molecule has 1 atom stereocenters. The van der Waals surface area contributed by atoms with Gasteiger partial charge in [0.15, 0.2) is 11.5 Å². The van der Waals surface area contributed by atoms with Gasteiger partial charge >= 0.3 is 0 Å². The van der Waals surface area contributed by atoms with Crippen LogP contribution in [0.25, 0.3) is 6.08 Å². The molecule has 0 N–H and O–H groups in total. The summed E-state index contributed by atoms with van der Waals surface area (Å²) in [6.07, 6.45) is 2.46. The van der Waals surface area contributed by atoms with Gasteiger partial charge in [0.25, 0.3) is 11.1 Å². The first-order chi connectivity index (χ1) is 14.3. The zero-order valence-electron chi connectivity index (χ0n) is 17.4. The van der Waals surface area contributed by atoms with Gasteiger partial charge in [0.05, 0.1) is 15.6 Å². The SMILES string of the molecule is CC[C@@H](C)N1C(=O)S/C(=C/c2cc(I)c(OCc3ccc(C)cc3)c(OC)c2)C1=O. The molecule has 1 aliphatic rings. The maximum atomic E-state index is 12.7. The standard InChI is InChI=1S/C23H24INO4S/c1-5-15(3)25-22(26)20(30-23(25)27)12-17-10-18(24)21(19(11-17)28-4)29-13-16-8-6-14(2)7-9-16/h6-12,15H,5,13H2,1-4H3/b20-12+/t15-/m1/s1. The number of thioether (sulfide) groups is 1. The van der Waals surface area contributed by atoms with Gasteiger partial charge in [0.2, 0.25) is 0 Å². The first-order valence-corrected chi connectivity index (χ1v) is 11.6. The third kappa shape index (κ3) is 5.00. The Balaban J connectivity index is 1.83. The van der Waals surface area contributed by atoms with Gasteiger partial charge in [0, 0.05) is 6.04 Å². The summed E-state index contributed by atoms with van der Waals surface area (Å²) in [5.41, 5.74) is 3.06. The molecule has 158 valence electrons. The molecule has 1 heterocycles. The Kier molecular flexibility index (Phi) is 7.46. The molecule has 3 rings (SSSR count). The summed E-state index contributed by atoms with van der Waals surface area (Å²) < 4.78 is 12.4. The molecule has 0 spiro atoms. The molecule has 1 saturated heterocycles. The lowest BCUT2D eigenvalue weighted by molar-refractivity contribution is -0.124. The largest absolute Gasteiger partial charge is 0.493 e. The molecule has 30 heavy (non-hydrogen) atoms. The van der Waals surface area contributed by atoms with Crippen LogP contribution in [0.1, 0.15) is 37.0 Å². The van der Waals surface area contributed by atoms with Crippen LogP contribution in [0.4, 0.5) is 4.79 Å². The van der Waals surface area contributed by atoms with E-state index in [1.165, 1.54) is 10.5 Å². The highest BCUT2D eigenvalue weighted by Gasteiger charge is 2.37. The van der Waals surface area contributed by atoms with Crippen molar-refractivity contribution in [1.29, 1.82) is 0 Å². The number of rotatable bonds is 7. The zero-order valence-corrected chi connectivity index (χ0v) is 20.4. The first-order valence-electron chi connectivity index (χ1n) is 9.67. The van der Waals surface area contributed by atoms with Crippen LogP contribution < -0.4 is 9.47 Å². The molecule has 1 aliphatic heterocycles. The van der Waals surface area contributed by atoms with Crippen LogP contribution in [0.15, 0.2) is 41.3 Å². The van der Waals surface area contributed by atoms with Crippen LogP contribution in [0.3, 0.4) is 0 Å². The van der Waals surface area contributed by atoms with Crippen LogP contribution in [-0.4, -0.2) is 29.2 Å². The second kappa shape index (κ2) is 9.87. The van der Waals surface area contributed by atoms with Crippen molar-refractivity contribution in [3.05, 3.63) is 61.6 Å². The van der Waals surface area contributed by atoms with E-state index in [0.717, 1.165) is 32.9 Å². The van der Waals surface area contributed by atoms with E-state index in [0.29, 0.717) is 23.0 Å². The average molecular weight is 537 g/mol. The number of ether oxygens (including phenoxy) is 2. The van der Waals surface area contributed by atoms with Crippen molar-refractivity contribution in [1.82, 2.24) is 4.90 Å².